The Bertz CT molecular complexity index is 416. The Hall–Kier alpha value is -1.10. The smallest absolute Gasteiger partial charge is 0.248 e. The van der Waals surface area contributed by atoms with Crippen LogP contribution in [0.3, 0.4) is 0 Å². The molecule has 2 aliphatic carbocycles. The Kier molecular flexibility index (Phi) is 4.20. The number of rotatable bonds is 5. The van der Waals surface area contributed by atoms with E-state index in [-0.39, 0.29) is 18.4 Å². The number of nitrogens with one attached hydrogen (secondary N) is 1. The van der Waals surface area contributed by atoms with Crippen LogP contribution in [0, 0.1) is 5.92 Å². The number of piperazine rings is 1. The highest BCUT2D eigenvalue weighted by Gasteiger charge is 2.52. The maximum Gasteiger partial charge on any atom is 0.248 e. The summed E-state index contributed by atoms with van der Waals surface area (Å²) in [5.74, 6) is 0.342. The van der Waals surface area contributed by atoms with Crippen molar-refractivity contribution in [1.29, 1.82) is 0 Å². The molecule has 118 valence electrons. The molecule has 21 heavy (non-hydrogen) atoms. The van der Waals surface area contributed by atoms with Gasteiger partial charge in [-0.1, -0.05) is 19.3 Å². The molecule has 5 nitrogen and oxygen atoms in total. The maximum absolute atomic E-state index is 12.6. The summed E-state index contributed by atoms with van der Waals surface area (Å²) in [5, 5.41) is 2.90. The molecule has 3 rings (SSSR count). The average Bonchev–Trinajstić information content (AvgIpc) is 3.30. The molecule has 0 aromatic rings. The topological polar surface area (TPSA) is 58.6 Å². The van der Waals surface area contributed by atoms with Gasteiger partial charge in [-0.15, -0.1) is 0 Å². The van der Waals surface area contributed by atoms with Crippen LogP contribution in [0.4, 0.5) is 0 Å². The van der Waals surface area contributed by atoms with E-state index in [2.05, 4.69) is 5.32 Å². The second-order valence-electron chi connectivity index (χ2n) is 6.88. The predicted molar refractivity (Wildman–Crippen MR) is 78.7 cm³/mol. The van der Waals surface area contributed by atoms with Crippen molar-refractivity contribution < 1.29 is 14.3 Å². The van der Waals surface area contributed by atoms with Gasteiger partial charge >= 0.3 is 0 Å². The van der Waals surface area contributed by atoms with E-state index in [0.29, 0.717) is 25.2 Å². The van der Waals surface area contributed by atoms with Crippen molar-refractivity contribution >= 4 is 11.8 Å². The number of nitrogens with zero attached hydrogens (tertiary/aromatic N) is 1. The van der Waals surface area contributed by atoms with Crippen LogP contribution in [0.5, 0.6) is 0 Å². The summed E-state index contributed by atoms with van der Waals surface area (Å²) in [4.78, 5) is 26.2. The summed E-state index contributed by atoms with van der Waals surface area (Å²) in [6.45, 7) is 3.13. The highest BCUT2D eigenvalue weighted by atomic mass is 16.5. The van der Waals surface area contributed by atoms with Gasteiger partial charge in [-0.05, 0) is 38.5 Å². The summed E-state index contributed by atoms with van der Waals surface area (Å²) in [6, 6.07) is 0. The van der Waals surface area contributed by atoms with Crippen LogP contribution in [0.15, 0.2) is 0 Å². The number of hydrogen-bond donors (Lipinski definition) is 1. The first-order valence-corrected chi connectivity index (χ1v) is 8.31. The number of carbonyl (C=O) groups is 2. The lowest BCUT2D eigenvalue weighted by Crippen LogP contribution is -2.66. The van der Waals surface area contributed by atoms with E-state index in [1.165, 1.54) is 19.3 Å². The zero-order chi connectivity index (χ0) is 14.9. The van der Waals surface area contributed by atoms with Crippen molar-refractivity contribution in [2.75, 3.05) is 19.7 Å². The Morgan fingerprint density at radius 3 is 2.57 bits per heavy atom. The van der Waals surface area contributed by atoms with Crippen LogP contribution in [0.25, 0.3) is 0 Å². The molecule has 1 saturated heterocycles. The molecular weight excluding hydrogens is 268 g/mol. The molecule has 2 amide bonds. The van der Waals surface area contributed by atoms with E-state index in [1.54, 1.807) is 4.90 Å². The van der Waals surface area contributed by atoms with Crippen molar-refractivity contribution in [1.82, 2.24) is 10.2 Å². The Morgan fingerprint density at radius 1 is 1.19 bits per heavy atom. The minimum absolute atomic E-state index is 0.0401. The maximum atomic E-state index is 12.6. The van der Waals surface area contributed by atoms with Crippen LogP contribution in [-0.4, -0.2) is 48.1 Å². The first-order valence-electron chi connectivity index (χ1n) is 8.31. The van der Waals surface area contributed by atoms with Crippen molar-refractivity contribution in [2.24, 2.45) is 5.92 Å². The fourth-order valence-corrected chi connectivity index (χ4v) is 3.64. The van der Waals surface area contributed by atoms with E-state index < -0.39 is 5.54 Å². The third-order valence-corrected chi connectivity index (χ3v) is 5.13. The molecule has 0 aromatic heterocycles. The minimum Gasteiger partial charge on any atom is -0.376 e. The van der Waals surface area contributed by atoms with Crippen molar-refractivity contribution in [3.05, 3.63) is 0 Å². The van der Waals surface area contributed by atoms with Crippen LogP contribution in [0.2, 0.25) is 0 Å². The van der Waals surface area contributed by atoms with Crippen LogP contribution in [0.1, 0.15) is 51.9 Å². The minimum atomic E-state index is -0.680. The number of hydrogen-bond acceptors (Lipinski definition) is 3. The number of amides is 2. The lowest BCUT2D eigenvalue weighted by atomic mass is 9.91. The normalized spacial score (nSPS) is 31.4. The van der Waals surface area contributed by atoms with Crippen molar-refractivity contribution in [2.45, 2.75) is 63.5 Å². The van der Waals surface area contributed by atoms with Crippen LogP contribution >= 0.6 is 0 Å². The van der Waals surface area contributed by atoms with E-state index >= 15 is 0 Å². The molecule has 3 aliphatic rings. The lowest BCUT2D eigenvalue weighted by molar-refractivity contribution is -0.151. The SMILES string of the molecule is CC1(C2CC2)NC(=O)CN(CCOC2CCCCC2)C1=O. The summed E-state index contributed by atoms with van der Waals surface area (Å²) in [6.07, 6.45) is 8.49. The summed E-state index contributed by atoms with van der Waals surface area (Å²) in [5.41, 5.74) is -0.680. The third kappa shape index (κ3) is 3.23. The number of ether oxygens (including phenoxy) is 1. The average molecular weight is 294 g/mol. The Labute approximate surface area is 126 Å². The molecule has 1 atom stereocenters. The van der Waals surface area contributed by atoms with E-state index in [4.69, 9.17) is 4.74 Å². The second kappa shape index (κ2) is 5.95. The fraction of sp³-hybridized carbons (Fsp3) is 0.875. The molecule has 3 fully saturated rings. The third-order valence-electron chi connectivity index (χ3n) is 5.13. The van der Waals surface area contributed by atoms with E-state index in [1.807, 2.05) is 6.92 Å². The van der Waals surface area contributed by atoms with Crippen molar-refractivity contribution in [3.8, 4) is 0 Å². The largest absolute Gasteiger partial charge is 0.376 e. The quantitative estimate of drug-likeness (QED) is 0.835. The van der Waals surface area contributed by atoms with Crippen molar-refractivity contribution in [3.63, 3.8) is 0 Å². The standard InChI is InChI=1S/C16H26N2O3/c1-16(12-7-8-12)15(20)18(11-14(19)17-16)9-10-21-13-5-3-2-4-6-13/h12-13H,2-11H2,1H3,(H,17,19). The van der Waals surface area contributed by atoms with Gasteiger partial charge < -0.3 is 15.0 Å². The lowest BCUT2D eigenvalue weighted by Gasteiger charge is -2.40. The molecule has 1 N–H and O–H groups in total. The fourth-order valence-electron chi connectivity index (χ4n) is 3.64. The van der Waals surface area contributed by atoms with Gasteiger partial charge in [0, 0.05) is 6.54 Å². The van der Waals surface area contributed by atoms with Gasteiger partial charge in [0.25, 0.3) is 0 Å². The van der Waals surface area contributed by atoms with Gasteiger partial charge in [-0.2, -0.15) is 0 Å². The molecule has 2 saturated carbocycles. The molecule has 1 unspecified atom stereocenters. The Balaban J connectivity index is 1.51. The number of carbonyl (C=O) groups excluding carboxylic acids is 2. The van der Waals surface area contributed by atoms with E-state index in [9.17, 15) is 9.59 Å². The summed E-state index contributed by atoms with van der Waals surface area (Å²) in [7, 11) is 0. The molecule has 0 aromatic carbocycles. The van der Waals surface area contributed by atoms with Gasteiger partial charge in [0.05, 0.1) is 19.3 Å². The van der Waals surface area contributed by atoms with Gasteiger partial charge in [-0.3, -0.25) is 9.59 Å². The molecule has 0 bridgehead atoms. The van der Waals surface area contributed by atoms with E-state index in [0.717, 1.165) is 25.7 Å². The van der Waals surface area contributed by atoms with Crippen LogP contribution < -0.4 is 5.32 Å². The molecule has 5 heteroatoms. The second-order valence-corrected chi connectivity index (χ2v) is 6.88. The molecule has 0 spiro atoms. The zero-order valence-electron chi connectivity index (χ0n) is 12.9. The van der Waals surface area contributed by atoms with Gasteiger partial charge in [0.1, 0.15) is 5.54 Å². The first kappa shape index (κ1) is 14.8. The van der Waals surface area contributed by atoms with Gasteiger partial charge in [-0.25, -0.2) is 0 Å². The highest BCUT2D eigenvalue weighted by Crippen LogP contribution is 2.41. The molecule has 1 heterocycles. The summed E-state index contributed by atoms with van der Waals surface area (Å²) < 4.78 is 5.89. The summed E-state index contributed by atoms with van der Waals surface area (Å²) >= 11 is 0. The zero-order valence-corrected chi connectivity index (χ0v) is 12.9. The highest BCUT2D eigenvalue weighted by molar-refractivity contribution is 5.98. The molecule has 1 aliphatic heterocycles. The van der Waals surface area contributed by atoms with Gasteiger partial charge in [0.2, 0.25) is 11.8 Å². The van der Waals surface area contributed by atoms with Gasteiger partial charge in [0.15, 0.2) is 0 Å². The Morgan fingerprint density at radius 2 is 1.90 bits per heavy atom. The predicted octanol–water partition coefficient (Wildman–Crippen LogP) is 1.46. The monoisotopic (exact) mass is 294 g/mol. The van der Waals surface area contributed by atoms with Crippen LogP contribution in [-0.2, 0) is 14.3 Å². The molecular formula is C16H26N2O3. The first-order chi connectivity index (χ1) is 10.1. The molecule has 0 radical (unpaired) electrons.